The average molecular weight is 413 g/mol. The Labute approximate surface area is 173 Å². The number of amides is 2. The highest BCUT2D eigenvalue weighted by Crippen LogP contribution is 2.40. The Balaban J connectivity index is 1.58. The molecule has 2 amide bonds. The van der Waals surface area contributed by atoms with E-state index in [2.05, 4.69) is 10.6 Å². The maximum absolute atomic E-state index is 13.0. The fraction of sp³-hybridized carbons (Fsp3) is 0.409. The minimum absolute atomic E-state index is 0.232. The molecule has 2 aliphatic rings. The van der Waals surface area contributed by atoms with E-state index in [0.29, 0.717) is 29.1 Å². The molecule has 3 N–H and O–H groups in total. The van der Waals surface area contributed by atoms with Gasteiger partial charge in [0.1, 0.15) is 5.00 Å². The second-order valence-corrected chi connectivity index (χ2v) is 8.81. The van der Waals surface area contributed by atoms with E-state index in [1.807, 2.05) is 30.3 Å². The van der Waals surface area contributed by atoms with Gasteiger partial charge in [0.05, 0.1) is 17.4 Å². The maximum atomic E-state index is 13.0. The van der Waals surface area contributed by atoms with Crippen LogP contribution in [0.1, 0.15) is 52.9 Å². The molecule has 0 radical (unpaired) electrons. The lowest BCUT2D eigenvalue weighted by molar-refractivity contribution is -0.147. The number of hydrogen-bond donors (Lipinski definition) is 3. The molecule has 29 heavy (non-hydrogen) atoms. The van der Waals surface area contributed by atoms with Crippen LogP contribution in [0.4, 0.5) is 10.7 Å². The van der Waals surface area contributed by atoms with E-state index in [-0.39, 0.29) is 11.8 Å². The SMILES string of the molecule is O=C(Nc1ccccc1)c1c(NC(=O)[C@@H]2CCCC[C@@H]2C(=O)O)sc2c1CCC2. The maximum Gasteiger partial charge on any atom is 0.307 e. The number of nitrogens with one attached hydrogen (secondary N) is 2. The third kappa shape index (κ3) is 4.05. The zero-order valence-corrected chi connectivity index (χ0v) is 16.9. The summed E-state index contributed by atoms with van der Waals surface area (Å²) in [6.45, 7) is 0. The van der Waals surface area contributed by atoms with E-state index in [1.165, 1.54) is 11.3 Å². The first-order chi connectivity index (χ1) is 14.0. The number of anilines is 2. The van der Waals surface area contributed by atoms with Crippen molar-refractivity contribution in [2.24, 2.45) is 11.8 Å². The fourth-order valence-electron chi connectivity index (χ4n) is 4.39. The number of carbonyl (C=O) groups is 3. The summed E-state index contributed by atoms with van der Waals surface area (Å²) >= 11 is 1.45. The van der Waals surface area contributed by atoms with Gasteiger partial charge >= 0.3 is 5.97 Å². The highest BCUT2D eigenvalue weighted by molar-refractivity contribution is 7.17. The van der Waals surface area contributed by atoms with Crippen LogP contribution in [0, 0.1) is 11.8 Å². The molecule has 6 nitrogen and oxygen atoms in total. The van der Waals surface area contributed by atoms with Gasteiger partial charge in [0, 0.05) is 10.6 Å². The molecule has 0 aliphatic heterocycles. The van der Waals surface area contributed by atoms with Crippen LogP contribution in [0.2, 0.25) is 0 Å². The molecule has 2 aromatic rings. The van der Waals surface area contributed by atoms with Gasteiger partial charge in [-0.05, 0) is 49.8 Å². The Morgan fingerprint density at radius 1 is 0.931 bits per heavy atom. The van der Waals surface area contributed by atoms with Crippen LogP contribution in [-0.2, 0) is 22.4 Å². The Kier molecular flexibility index (Phi) is 5.67. The first-order valence-corrected chi connectivity index (χ1v) is 10.9. The zero-order chi connectivity index (χ0) is 20.4. The van der Waals surface area contributed by atoms with Crippen molar-refractivity contribution >= 4 is 39.8 Å². The number of benzene rings is 1. The summed E-state index contributed by atoms with van der Waals surface area (Å²) in [6.07, 6.45) is 5.51. The van der Waals surface area contributed by atoms with Crippen LogP contribution in [-0.4, -0.2) is 22.9 Å². The van der Waals surface area contributed by atoms with Gasteiger partial charge in [-0.15, -0.1) is 11.3 Å². The van der Waals surface area contributed by atoms with Crippen molar-refractivity contribution in [2.45, 2.75) is 44.9 Å². The van der Waals surface area contributed by atoms with Crippen molar-refractivity contribution in [3.05, 3.63) is 46.3 Å². The van der Waals surface area contributed by atoms with Crippen molar-refractivity contribution in [3.8, 4) is 0 Å². The molecule has 2 aliphatic carbocycles. The van der Waals surface area contributed by atoms with E-state index >= 15 is 0 Å². The molecular formula is C22H24N2O4S. The molecule has 0 unspecified atom stereocenters. The van der Waals surface area contributed by atoms with Crippen molar-refractivity contribution in [1.82, 2.24) is 0 Å². The molecular weight excluding hydrogens is 388 g/mol. The molecule has 4 rings (SSSR count). The van der Waals surface area contributed by atoms with Gasteiger partial charge in [-0.1, -0.05) is 31.0 Å². The average Bonchev–Trinajstić information content (AvgIpc) is 3.29. The third-order valence-electron chi connectivity index (χ3n) is 5.84. The van der Waals surface area contributed by atoms with Crippen molar-refractivity contribution in [3.63, 3.8) is 0 Å². The normalized spacial score (nSPS) is 20.7. The monoisotopic (exact) mass is 412 g/mol. The molecule has 1 fully saturated rings. The van der Waals surface area contributed by atoms with Gasteiger partial charge in [0.15, 0.2) is 0 Å². The fourth-order valence-corrected chi connectivity index (χ4v) is 5.68. The number of aliphatic carboxylic acids is 1. The minimum Gasteiger partial charge on any atom is -0.481 e. The van der Waals surface area contributed by atoms with E-state index < -0.39 is 17.8 Å². The molecule has 1 saturated carbocycles. The summed E-state index contributed by atoms with van der Waals surface area (Å²) in [5.41, 5.74) is 2.24. The zero-order valence-electron chi connectivity index (χ0n) is 16.1. The molecule has 2 atom stereocenters. The number of carbonyl (C=O) groups excluding carboxylic acids is 2. The van der Waals surface area contributed by atoms with Gasteiger partial charge < -0.3 is 15.7 Å². The first-order valence-electron chi connectivity index (χ1n) is 10.1. The van der Waals surface area contributed by atoms with Crippen molar-refractivity contribution in [2.75, 3.05) is 10.6 Å². The van der Waals surface area contributed by atoms with Gasteiger partial charge in [0.25, 0.3) is 5.91 Å². The van der Waals surface area contributed by atoms with E-state index in [4.69, 9.17) is 0 Å². The van der Waals surface area contributed by atoms with Crippen molar-refractivity contribution in [1.29, 1.82) is 0 Å². The lowest BCUT2D eigenvalue weighted by Gasteiger charge is -2.27. The third-order valence-corrected chi connectivity index (χ3v) is 7.04. The second-order valence-electron chi connectivity index (χ2n) is 7.71. The Morgan fingerprint density at radius 2 is 1.66 bits per heavy atom. The summed E-state index contributed by atoms with van der Waals surface area (Å²) in [5.74, 6) is -2.64. The standard InChI is InChI=1S/C22H24N2O4S/c25-19(14-9-4-5-10-15(14)22(27)28)24-21-18(16-11-6-12-17(16)29-21)20(26)23-13-7-2-1-3-8-13/h1-3,7-8,14-15H,4-6,9-12H2,(H,23,26)(H,24,25)(H,27,28)/t14-,15+/m1/s1. The van der Waals surface area contributed by atoms with Crippen LogP contribution < -0.4 is 10.6 Å². The number of fused-ring (bicyclic) bond motifs is 1. The smallest absolute Gasteiger partial charge is 0.307 e. The highest BCUT2D eigenvalue weighted by atomic mass is 32.1. The number of para-hydroxylation sites is 1. The lowest BCUT2D eigenvalue weighted by atomic mass is 9.79. The predicted molar refractivity (Wildman–Crippen MR) is 112 cm³/mol. The quantitative estimate of drug-likeness (QED) is 0.682. The molecule has 7 heteroatoms. The number of rotatable bonds is 5. The highest BCUT2D eigenvalue weighted by Gasteiger charge is 2.37. The number of hydrogen-bond acceptors (Lipinski definition) is 4. The summed E-state index contributed by atoms with van der Waals surface area (Å²) in [4.78, 5) is 38.7. The second kappa shape index (κ2) is 8.37. The van der Waals surface area contributed by atoms with Gasteiger partial charge in [-0.2, -0.15) is 0 Å². The summed E-state index contributed by atoms with van der Waals surface area (Å²) in [5, 5.41) is 15.9. The molecule has 0 saturated heterocycles. The molecule has 1 aromatic carbocycles. The first kappa shape index (κ1) is 19.6. The topological polar surface area (TPSA) is 95.5 Å². The van der Waals surface area contributed by atoms with E-state index in [9.17, 15) is 19.5 Å². The van der Waals surface area contributed by atoms with Gasteiger partial charge in [-0.25, -0.2) is 0 Å². The summed E-state index contributed by atoms with van der Waals surface area (Å²) in [6, 6.07) is 9.23. The molecule has 0 bridgehead atoms. The van der Waals surface area contributed by atoms with E-state index in [1.54, 1.807) is 0 Å². The molecule has 152 valence electrons. The largest absolute Gasteiger partial charge is 0.481 e. The summed E-state index contributed by atoms with van der Waals surface area (Å²) in [7, 11) is 0. The number of thiophene rings is 1. The molecule has 1 heterocycles. The number of aryl methyl sites for hydroxylation is 1. The van der Waals surface area contributed by atoms with Crippen LogP contribution in [0.5, 0.6) is 0 Å². The number of carboxylic acids is 1. The Hall–Kier alpha value is -2.67. The Morgan fingerprint density at radius 3 is 2.38 bits per heavy atom. The van der Waals surface area contributed by atoms with Gasteiger partial charge in [-0.3, -0.25) is 14.4 Å². The summed E-state index contributed by atoms with van der Waals surface area (Å²) < 4.78 is 0. The van der Waals surface area contributed by atoms with Crippen LogP contribution in [0.25, 0.3) is 0 Å². The van der Waals surface area contributed by atoms with Crippen LogP contribution in [0.3, 0.4) is 0 Å². The van der Waals surface area contributed by atoms with Crippen molar-refractivity contribution < 1.29 is 19.5 Å². The minimum atomic E-state index is -0.916. The van der Waals surface area contributed by atoms with Crippen LogP contribution >= 0.6 is 11.3 Å². The molecule has 1 aromatic heterocycles. The van der Waals surface area contributed by atoms with Crippen LogP contribution in [0.15, 0.2) is 30.3 Å². The van der Waals surface area contributed by atoms with E-state index in [0.717, 1.165) is 42.5 Å². The predicted octanol–water partition coefficient (Wildman–Crippen LogP) is 4.32. The van der Waals surface area contributed by atoms with Gasteiger partial charge in [0.2, 0.25) is 5.91 Å². The lowest BCUT2D eigenvalue weighted by Crippen LogP contribution is -2.36. The molecule has 0 spiro atoms. The Bertz CT molecular complexity index is 938. The number of carboxylic acid groups (broad SMARTS) is 1.